The van der Waals surface area contributed by atoms with Crippen molar-refractivity contribution in [2.75, 3.05) is 39.6 Å². The standard InChI is InChI=1S/C73H142O17P2/c1-6-9-12-15-18-19-20-21-22-23-24-25-26-29-33-36-39-44-49-54-59-73(78)90-69(63-84-71(76)57-52-47-43-38-35-32-30-27-28-31-34-37-42-45-50-55-66(4)5)65-88-92(81,82)86-61-67(74)60-85-91(79,80)87-64-68(89-72(77)58-53-48-41-17-14-11-8-3)62-83-70(75)56-51-46-40-16-13-10-7-2/h66-69,74H,6-65H2,1-5H3,(H,79,80)(H,81,82)/t67-,68+,69+/m0/s1. The van der Waals surface area contributed by atoms with Crippen LogP contribution in [0.15, 0.2) is 0 Å². The molecule has 0 spiro atoms. The molecule has 0 aromatic heterocycles. The van der Waals surface area contributed by atoms with Crippen LogP contribution in [0, 0.1) is 5.92 Å². The molecule has 92 heavy (non-hydrogen) atoms. The van der Waals surface area contributed by atoms with E-state index in [1.165, 1.54) is 180 Å². The molecule has 3 N–H and O–H groups in total. The first-order valence-electron chi connectivity index (χ1n) is 38.1. The number of rotatable bonds is 73. The molecule has 0 bridgehead atoms. The van der Waals surface area contributed by atoms with Crippen LogP contribution in [0.4, 0.5) is 0 Å². The van der Waals surface area contributed by atoms with Crippen LogP contribution < -0.4 is 0 Å². The third kappa shape index (κ3) is 66.7. The van der Waals surface area contributed by atoms with Crippen LogP contribution in [-0.2, 0) is 65.4 Å². The number of unbranched alkanes of at least 4 members (excludes halogenated alkanes) is 45. The van der Waals surface area contributed by atoms with Crippen LogP contribution in [0.2, 0.25) is 0 Å². The summed E-state index contributed by atoms with van der Waals surface area (Å²) in [6.07, 6.45) is 54.6. The second-order valence-electron chi connectivity index (χ2n) is 26.8. The molecule has 17 nitrogen and oxygen atoms in total. The maximum absolute atomic E-state index is 13.1. The fourth-order valence-corrected chi connectivity index (χ4v) is 12.8. The van der Waals surface area contributed by atoms with Crippen molar-refractivity contribution >= 4 is 39.5 Å². The first-order chi connectivity index (χ1) is 44.5. The van der Waals surface area contributed by atoms with Gasteiger partial charge >= 0.3 is 39.5 Å². The lowest BCUT2D eigenvalue weighted by molar-refractivity contribution is -0.161. The quantitative estimate of drug-likeness (QED) is 0.0222. The van der Waals surface area contributed by atoms with E-state index in [0.717, 1.165) is 121 Å². The topological polar surface area (TPSA) is 237 Å². The summed E-state index contributed by atoms with van der Waals surface area (Å²) in [6.45, 7) is 7.21. The maximum atomic E-state index is 13.1. The minimum absolute atomic E-state index is 0.104. The van der Waals surface area contributed by atoms with Gasteiger partial charge in [-0.15, -0.1) is 0 Å². The summed E-state index contributed by atoms with van der Waals surface area (Å²) in [7, 11) is -9.89. The summed E-state index contributed by atoms with van der Waals surface area (Å²) in [5, 5.41) is 10.6. The van der Waals surface area contributed by atoms with E-state index >= 15 is 0 Å². The summed E-state index contributed by atoms with van der Waals surface area (Å²) in [6, 6.07) is 0. The Bertz CT molecular complexity index is 1770. The van der Waals surface area contributed by atoms with E-state index in [4.69, 9.17) is 37.0 Å². The van der Waals surface area contributed by atoms with Crippen LogP contribution >= 0.6 is 15.6 Å². The van der Waals surface area contributed by atoms with Gasteiger partial charge in [0.05, 0.1) is 26.4 Å². The Morgan fingerprint density at radius 2 is 0.500 bits per heavy atom. The van der Waals surface area contributed by atoms with Gasteiger partial charge in [0.1, 0.15) is 19.3 Å². The predicted octanol–water partition coefficient (Wildman–Crippen LogP) is 21.3. The number of phosphoric acid groups is 2. The lowest BCUT2D eigenvalue weighted by Gasteiger charge is -2.21. The van der Waals surface area contributed by atoms with Crippen molar-refractivity contribution < 1.29 is 80.2 Å². The van der Waals surface area contributed by atoms with Crippen molar-refractivity contribution in [2.45, 2.75) is 400 Å². The molecule has 0 fully saturated rings. The van der Waals surface area contributed by atoms with Crippen LogP contribution in [0.25, 0.3) is 0 Å². The van der Waals surface area contributed by atoms with Crippen molar-refractivity contribution in [3.63, 3.8) is 0 Å². The zero-order chi connectivity index (χ0) is 67.7. The summed E-state index contributed by atoms with van der Waals surface area (Å²) < 4.78 is 68.1. The number of hydrogen-bond acceptors (Lipinski definition) is 15. The van der Waals surface area contributed by atoms with E-state index in [0.29, 0.717) is 25.7 Å². The maximum Gasteiger partial charge on any atom is 0.472 e. The van der Waals surface area contributed by atoms with E-state index < -0.39 is 97.5 Å². The highest BCUT2D eigenvalue weighted by molar-refractivity contribution is 7.47. The van der Waals surface area contributed by atoms with Gasteiger partial charge in [-0.25, -0.2) is 9.13 Å². The molecular formula is C73H142O17P2. The van der Waals surface area contributed by atoms with Gasteiger partial charge in [-0.1, -0.05) is 330 Å². The predicted molar refractivity (Wildman–Crippen MR) is 372 cm³/mol. The molecule has 0 saturated heterocycles. The minimum Gasteiger partial charge on any atom is -0.462 e. The summed E-state index contributed by atoms with van der Waals surface area (Å²) in [5.41, 5.74) is 0. The van der Waals surface area contributed by atoms with Crippen LogP contribution in [0.3, 0.4) is 0 Å². The lowest BCUT2D eigenvalue weighted by Crippen LogP contribution is -2.30. The molecule has 5 atom stereocenters. The lowest BCUT2D eigenvalue weighted by atomic mass is 10.0. The molecule has 0 rings (SSSR count). The SMILES string of the molecule is CCCCCCCCCCCCCCCCCCCCCCC(=O)O[C@H](COC(=O)CCCCCCCCCCCCCCCCCC(C)C)COP(=O)(O)OC[C@@H](O)COP(=O)(O)OC[C@@H](COC(=O)CCCCCCCCC)OC(=O)CCCCCCCCC. The van der Waals surface area contributed by atoms with Gasteiger partial charge in [-0.3, -0.25) is 37.3 Å². The monoisotopic (exact) mass is 1350 g/mol. The molecule has 0 aromatic rings. The molecule has 0 aliphatic rings. The van der Waals surface area contributed by atoms with E-state index in [1.807, 2.05) is 0 Å². The van der Waals surface area contributed by atoms with Gasteiger partial charge in [0.2, 0.25) is 0 Å². The van der Waals surface area contributed by atoms with Crippen molar-refractivity contribution in [2.24, 2.45) is 5.92 Å². The van der Waals surface area contributed by atoms with Gasteiger partial charge < -0.3 is 33.8 Å². The third-order valence-electron chi connectivity index (χ3n) is 17.0. The van der Waals surface area contributed by atoms with E-state index in [2.05, 4.69) is 34.6 Å². The number of carbonyl (C=O) groups excluding carboxylic acids is 4. The zero-order valence-electron chi connectivity index (χ0n) is 59.7. The van der Waals surface area contributed by atoms with Crippen molar-refractivity contribution in [3.8, 4) is 0 Å². The van der Waals surface area contributed by atoms with Gasteiger partial charge in [0, 0.05) is 25.7 Å². The second kappa shape index (κ2) is 66.3. The largest absolute Gasteiger partial charge is 0.472 e. The average Bonchev–Trinajstić information content (AvgIpc) is 1.75. The third-order valence-corrected chi connectivity index (χ3v) is 18.9. The molecule has 0 heterocycles. The van der Waals surface area contributed by atoms with E-state index in [-0.39, 0.29) is 25.7 Å². The highest BCUT2D eigenvalue weighted by Gasteiger charge is 2.30. The smallest absolute Gasteiger partial charge is 0.462 e. The average molecular weight is 1350 g/mol. The zero-order valence-corrected chi connectivity index (χ0v) is 61.5. The highest BCUT2D eigenvalue weighted by Crippen LogP contribution is 2.45. The number of aliphatic hydroxyl groups excluding tert-OH is 1. The van der Waals surface area contributed by atoms with Gasteiger partial charge in [-0.05, 0) is 31.6 Å². The molecule has 0 amide bonds. The van der Waals surface area contributed by atoms with Crippen LogP contribution in [0.5, 0.6) is 0 Å². The molecule has 0 aliphatic heterocycles. The molecule has 0 aliphatic carbocycles. The van der Waals surface area contributed by atoms with Gasteiger partial charge in [0.15, 0.2) is 12.2 Å². The first kappa shape index (κ1) is 90.1. The summed E-state index contributed by atoms with van der Waals surface area (Å²) in [5.74, 6) is -1.32. The fourth-order valence-electron chi connectivity index (χ4n) is 11.2. The summed E-state index contributed by atoms with van der Waals surface area (Å²) >= 11 is 0. The Hall–Kier alpha value is -1.94. The van der Waals surface area contributed by atoms with E-state index in [1.54, 1.807) is 0 Å². The highest BCUT2D eigenvalue weighted by atomic mass is 31.2. The Morgan fingerprint density at radius 3 is 0.739 bits per heavy atom. The number of phosphoric ester groups is 2. The molecule has 0 radical (unpaired) electrons. The molecule has 546 valence electrons. The summed E-state index contributed by atoms with van der Waals surface area (Å²) in [4.78, 5) is 72.3. The first-order valence-corrected chi connectivity index (χ1v) is 41.1. The van der Waals surface area contributed by atoms with Crippen LogP contribution in [-0.4, -0.2) is 96.7 Å². The van der Waals surface area contributed by atoms with Gasteiger partial charge in [0.25, 0.3) is 0 Å². The number of ether oxygens (including phenoxy) is 4. The van der Waals surface area contributed by atoms with Crippen molar-refractivity contribution in [3.05, 3.63) is 0 Å². The van der Waals surface area contributed by atoms with Crippen molar-refractivity contribution in [1.82, 2.24) is 0 Å². The van der Waals surface area contributed by atoms with Gasteiger partial charge in [-0.2, -0.15) is 0 Å². The Balaban J connectivity index is 5.11. The molecule has 2 unspecified atom stereocenters. The molecule has 0 aromatic carbocycles. The van der Waals surface area contributed by atoms with Crippen molar-refractivity contribution in [1.29, 1.82) is 0 Å². The van der Waals surface area contributed by atoms with E-state index in [9.17, 15) is 43.2 Å². The number of esters is 4. The Morgan fingerprint density at radius 1 is 0.293 bits per heavy atom. The molecular weight excluding hydrogens is 1210 g/mol. The number of aliphatic hydroxyl groups is 1. The fraction of sp³-hybridized carbons (Fsp3) is 0.945. The number of hydrogen-bond donors (Lipinski definition) is 3. The Labute approximate surface area is 562 Å². The second-order valence-corrected chi connectivity index (χ2v) is 29.7. The minimum atomic E-state index is -4.95. The van der Waals surface area contributed by atoms with Crippen LogP contribution in [0.1, 0.15) is 381 Å². The number of carbonyl (C=O) groups is 4. The molecule has 19 heteroatoms. The normalized spacial score (nSPS) is 14.0. The molecule has 0 saturated carbocycles. The Kier molecular flexibility index (Phi) is 64.9.